The molecule has 0 spiro atoms. The van der Waals surface area contributed by atoms with Crippen LogP contribution in [0.4, 0.5) is 0 Å². The van der Waals surface area contributed by atoms with E-state index in [2.05, 4.69) is 12.2 Å². The molecule has 1 nitrogen and oxygen atoms in total. The van der Waals surface area contributed by atoms with Gasteiger partial charge in [0.2, 0.25) is 0 Å². The predicted octanol–water partition coefficient (Wildman–Crippen LogP) is 5.69. The van der Waals surface area contributed by atoms with Crippen molar-refractivity contribution in [3.63, 3.8) is 0 Å². The van der Waals surface area contributed by atoms with Crippen LogP contribution in [0.15, 0.2) is 18.2 Å². The number of benzene rings is 1. The molecule has 4 bridgehead atoms. The summed E-state index contributed by atoms with van der Waals surface area (Å²) in [6, 6.07) is 6.40. The van der Waals surface area contributed by atoms with Crippen molar-refractivity contribution < 1.29 is 0 Å². The molecule has 0 aliphatic heterocycles. The standard InChI is InChI=1S/C19H25Cl2N/c1-12(22-11-16-2-3-17(20)7-18(16)21)19-8-13-4-14(9-19)6-15(5-13)10-19/h2-3,7,12-15,22H,4-6,8-11H2,1H3. The van der Waals surface area contributed by atoms with Gasteiger partial charge in [-0.2, -0.15) is 0 Å². The number of hydrogen-bond donors (Lipinski definition) is 1. The average Bonchev–Trinajstić information content (AvgIpc) is 2.44. The summed E-state index contributed by atoms with van der Waals surface area (Å²) in [7, 11) is 0. The molecule has 0 heterocycles. The molecule has 1 atom stereocenters. The molecule has 1 unspecified atom stereocenters. The molecule has 0 amide bonds. The van der Waals surface area contributed by atoms with E-state index in [1.165, 1.54) is 38.5 Å². The van der Waals surface area contributed by atoms with Crippen LogP contribution in [-0.4, -0.2) is 6.04 Å². The molecule has 1 N–H and O–H groups in total. The van der Waals surface area contributed by atoms with Crippen LogP contribution in [0.25, 0.3) is 0 Å². The van der Waals surface area contributed by atoms with Crippen LogP contribution in [0.1, 0.15) is 51.0 Å². The first-order valence-corrected chi connectivity index (χ1v) is 9.47. The van der Waals surface area contributed by atoms with Crippen molar-refractivity contribution in [2.45, 2.75) is 58.0 Å². The molecule has 1 aromatic rings. The smallest absolute Gasteiger partial charge is 0.0465 e. The van der Waals surface area contributed by atoms with Gasteiger partial charge in [0.25, 0.3) is 0 Å². The van der Waals surface area contributed by atoms with Gasteiger partial charge in [0.05, 0.1) is 0 Å². The van der Waals surface area contributed by atoms with Gasteiger partial charge in [0, 0.05) is 22.6 Å². The monoisotopic (exact) mass is 337 g/mol. The van der Waals surface area contributed by atoms with Crippen LogP contribution in [-0.2, 0) is 6.54 Å². The number of nitrogens with one attached hydrogen (secondary N) is 1. The normalized spacial score (nSPS) is 37.5. The van der Waals surface area contributed by atoms with Crippen molar-refractivity contribution >= 4 is 23.2 Å². The van der Waals surface area contributed by atoms with E-state index in [-0.39, 0.29) is 0 Å². The highest BCUT2D eigenvalue weighted by Crippen LogP contribution is 2.61. The van der Waals surface area contributed by atoms with Crippen molar-refractivity contribution in [2.24, 2.45) is 23.2 Å². The highest BCUT2D eigenvalue weighted by atomic mass is 35.5. The van der Waals surface area contributed by atoms with Crippen molar-refractivity contribution in [1.29, 1.82) is 0 Å². The minimum absolute atomic E-state index is 0.549. The van der Waals surface area contributed by atoms with Crippen LogP contribution in [0, 0.1) is 23.2 Å². The Morgan fingerprint density at radius 1 is 1.09 bits per heavy atom. The van der Waals surface area contributed by atoms with Gasteiger partial charge in [-0.3, -0.25) is 0 Å². The Balaban J connectivity index is 1.45. The van der Waals surface area contributed by atoms with Crippen molar-refractivity contribution in [3.05, 3.63) is 33.8 Å². The van der Waals surface area contributed by atoms with Gasteiger partial charge in [-0.05, 0) is 86.3 Å². The van der Waals surface area contributed by atoms with Crippen molar-refractivity contribution in [3.8, 4) is 0 Å². The first kappa shape index (κ1) is 15.3. The molecule has 4 aliphatic rings. The van der Waals surface area contributed by atoms with Crippen LogP contribution in [0.5, 0.6) is 0 Å². The highest BCUT2D eigenvalue weighted by Gasteiger charge is 2.52. The SMILES string of the molecule is CC(NCc1ccc(Cl)cc1Cl)C12CC3CC(CC(C3)C1)C2. The molecule has 0 radical (unpaired) electrons. The molecule has 120 valence electrons. The van der Waals surface area contributed by atoms with E-state index in [0.717, 1.165) is 34.9 Å². The summed E-state index contributed by atoms with van der Waals surface area (Å²) in [5, 5.41) is 5.28. The van der Waals surface area contributed by atoms with Crippen LogP contribution in [0.3, 0.4) is 0 Å². The molecule has 0 saturated heterocycles. The minimum Gasteiger partial charge on any atom is -0.310 e. The topological polar surface area (TPSA) is 12.0 Å². The number of rotatable bonds is 4. The molecule has 1 aromatic carbocycles. The first-order valence-electron chi connectivity index (χ1n) is 8.71. The maximum absolute atomic E-state index is 6.31. The summed E-state index contributed by atoms with van der Waals surface area (Å²) in [5.74, 6) is 3.03. The lowest BCUT2D eigenvalue weighted by Crippen LogP contribution is -2.54. The zero-order chi connectivity index (χ0) is 15.3. The molecule has 0 aromatic heterocycles. The zero-order valence-corrected chi connectivity index (χ0v) is 14.8. The van der Waals surface area contributed by atoms with Crippen LogP contribution >= 0.6 is 23.2 Å². The maximum atomic E-state index is 6.31. The summed E-state index contributed by atoms with van der Waals surface area (Å²) >= 11 is 12.3. The molecule has 4 aliphatic carbocycles. The highest BCUT2D eigenvalue weighted by molar-refractivity contribution is 6.35. The largest absolute Gasteiger partial charge is 0.310 e. The fraction of sp³-hybridized carbons (Fsp3) is 0.684. The van der Waals surface area contributed by atoms with E-state index in [9.17, 15) is 0 Å². The molecule has 4 fully saturated rings. The van der Waals surface area contributed by atoms with E-state index in [4.69, 9.17) is 23.2 Å². The quantitative estimate of drug-likeness (QED) is 0.744. The van der Waals surface area contributed by atoms with E-state index in [1.807, 2.05) is 18.2 Å². The Kier molecular flexibility index (Phi) is 3.95. The van der Waals surface area contributed by atoms with Crippen LogP contribution < -0.4 is 5.32 Å². The summed E-state index contributed by atoms with van der Waals surface area (Å²) in [5.41, 5.74) is 1.70. The van der Waals surface area contributed by atoms with Gasteiger partial charge >= 0.3 is 0 Å². The molecular formula is C19H25Cl2N. The van der Waals surface area contributed by atoms with Gasteiger partial charge in [0.1, 0.15) is 0 Å². The fourth-order valence-electron chi connectivity index (χ4n) is 5.85. The Morgan fingerprint density at radius 3 is 2.23 bits per heavy atom. The molecule has 3 heteroatoms. The van der Waals surface area contributed by atoms with Gasteiger partial charge in [-0.1, -0.05) is 29.3 Å². The zero-order valence-electron chi connectivity index (χ0n) is 13.2. The van der Waals surface area contributed by atoms with Gasteiger partial charge in [0.15, 0.2) is 0 Å². The first-order chi connectivity index (χ1) is 10.5. The van der Waals surface area contributed by atoms with Crippen molar-refractivity contribution in [1.82, 2.24) is 5.32 Å². The molecule has 5 rings (SSSR count). The van der Waals surface area contributed by atoms with Crippen LogP contribution in [0.2, 0.25) is 10.0 Å². The summed E-state index contributed by atoms with van der Waals surface area (Å²) in [4.78, 5) is 0. The Bertz CT molecular complexity index is 533. The summed E-state index contributed by atoms with van der Waals surface area (Å²) < 4.78 is 0. The van der Waals surface area contributed by atoms with E-state index < -0.39 is 0 Å². The Hall–Kier alpha value is -0.240. The third-order valence-electron chi connectivity index (χ3n) is 6.62. The maximum Gasteiger partial charge on any atom is 0.0465 e. The second-order valence-corrected chi connectivity index (χ2v) is 8.96. The Labute approximate surface area is 143 Å². The van der Waals surface area contributed by atoms with E-state index in [0.29, 0.717) is 16.5 Å². The van der Waals surface area contributed by atoms with E-state index in [1.54, 1.807) is 0 Å². The lowest BCUT2D eigenvalue weighted by atomic mass is 9.48. The average molecular weight is 338 g/mol. The summed E-state index contributed by atoms with van der Waals surface area (Å²) in [6.07, 6.45) is 8.86. The van der Waals surface area contributed by atoms with E-state index >= 15 is 0 Å². The fourth-order valence-corrected chi connectivity index (χ4v) is 6.33. The second-order valence-electron chi connectivity index (χ2n) is 8.12. The molecular weight excluding hydrogens is 313 g/mol. The second kappa shape index (κ2) is 5.69. The summed E-state index contributed by atoms with van der Waals surface area (Å²) in [6.45, 7) is 3.25. The minimum atomic E-state index is 0.549. The lowest BCUT2D eigenvalue weighted by Gasteiger charge is -2.59. The molecule has 4 saturated carbocycles. The van der Waals surface area contributed by atoms with Gasteiger partial charge in [-0.25, -0.2) is 0 Å². The van der Waals surface area contributed by atoms with Gasteiger partial charge in [-0.15, -0.1) is 0 Å². The molecule has 22 heavy (non-hydrogen) atoms. The third kappa shape index (κ3) is 2.70. The van der Waals surface area contributed by atoms with Crippen molar-refractivity contribution in [2.75, 3.05) is 0 Å². The number of halogens is 2. The number of hydrogen-bond acceptors (Lipinski definition) is 1. The predicted molar refractivity (Wildman–Crippen MR) is 93.4 cm³/mol. The lowest BCUT2D eigenvalue weighted by molar-refractivity contribution is -0.0706. The Morgan fingerprint density at radius 2 is 1.68 bits per heavy atom. The van der Waals surface area contributed by atoms with Gasteiger partial charge < -0.3 is 5.32 Å². The third-order valence-corrected chi connectivity index (χ3v) is 7.20.